The Morgan fingerprint density at radius 3 is 2.50 bits per heavy atom. The second kappa shape index (κ2) is 11.2. The molecule has 0 aromatic heterocycles. The lowest BCUT2D eigenvalue weighted by Crippen LogP contribution is -2.37. The lowest BCUT2D eigenvalue weighted by molar-refractivity contribution is 0.145. The minimum absolute atomic E-state index is 0.154. The molecule has 0 aliphatic rings. The van der Waals surface area contributed by atoms with Crippen molar-refractivity contribution in [1.82, 2.24) is 10.6 Å². The third kappa shape index (κ3) is 8.10. The van der Waals surface area contributed by atoms with Crippen molar-refractivity contribution < 1.29 is 14.3 Å². The Morgan fingerprint density at radius 1 is 1.18 bits per heavy atom. The predicted octanol–water partition coefficient (Wildman–Crippen LogP) is 3.14. The van der Waals surface area contributed by atoms with Gasteiger partial charge in [-0.1, -0.05) is 11.6 Å². The molecule has 0 radical (unpaired) electrons. The molecule has 0 aliphatic heterocycles. The normalized spacial score (nSPS) is 10.3. The number of hydrogen-bond donors (Lipinski definition) is 2. The van der Waals surface area contributed by atoms with E-state index in [0.717, 1.165) is 24.2 Å². The maximum atomic E-state index is 11.5. The molecule has 6 heteroatoms. The Balaban J connectivity index is 2.04. The number of carbonyl (C=O) groups is 1. The highest BCUT2D eigenvalue weighted by molar-refractivity contribution is 6.30. The molecule has 1 aromatic rings. The highest BCUT2D eigenvalue weighted by atomic mass is 35.5. The van der Waals surface area contributed by atoms with Gasteiger partial charge in [-0.15, -0.1) is 0 Å². The van der Waals surface area contributed by atoms with E-state index in [4.69, 9.17) is 21.1 Å². The zero-order valence-corrected chi connectivity index (χ0v) is 14.0. The lowest BCUT2D eigenvalue weighted by atomic mass is 10.2. The smallest absolute Gasteiger partial charge is 0.314 e. The van der Waals surface area contributed by atoms with Crippen molar-refractivity contribution in [2.45, 2.75) is 26.7 Å². The molecule has 124 valence electrons. The summed E-state index contributed by atoms with van der Waals surface area (Å²) in [6.07, 6.45) is 1.56. The quantitative estimate of drug-likeness (QED) is 0.649. The number of benzene rings is 1. The first-order chi connectivity index (χ1) is 10.6. The summed E-state index contributed by atoms with van der Waals surface area (Å²) in [6.45, 7) is 7.02. The van der Waals surface area contributed by atoms with Crippen LogP contribution in [0.25, 0.3) is 0 Å². The molecule has 0 atom stereocenters. The minimum atomic E-state index is -0.154. The number of halogens is 1. The maximum absolute atomic E-state index is 11.5. The van der Waals surface area contributed by atoms with E-state index in [1.54, 1.807) is 6.07 Å². The summed E-state index contributed by atoms with van der Waals surface area (Å²) in [6, 6.07) is 5.37. The molecule has 0 fully saturated rings. The number of ether oxygens (including phenoxy) is 2. The monoisotopic (exact) mass is 328 g/mol. The summed E-state index contributed by atoms with van der Waals surface area (Å²) >= 11 is 5.89. The fourth-order valence-corrected chi connectivity index (χ4v) is 2.04. The number of amides is 2. The van der Waals surface area contributed by atoms with E-state index in [-0.39, 0.29) is 6.03 Å². The first-order valence-corrected chi connectivity index (χ1v) is 7.99. The highest BCUT2D eigenvalue weighted by Gasteiger charge is 2.01. The molecule has 0 saturated heterocycles. The number of nitrogens with one attached hydrogen (secondary N) is 2. The van der Waals surface area contributed by atoms with Crippen LogP contribution >= 0.6 is 11.6 Å². The Bertz CT molecular complexity index is 455. The van der Waals surface area contributed by atoms with E-state index in [0.29, 0.717) is 37.9 Å². The van der Waals surface area contributed by atoms with Crippen LogP contribution in [0.4, 0.5) is 4.79 Å². The van der Waals surface area contributed by atoms with Gasteiger partial charge in [-0.05, 0) is 50.5 Å². The van der Waals surface area contributed by atoms with E-state index >= 15 is 0 Å². The Labute approximate surface area is 137 Å². The molecule has 1 aromatic carbocycles. The van der Waals surface area contributed by atoms with Gasteiger partial charge in [0.05, 0.1) is 6.61 Å². The zero-order chi connectivity index (χ0) is 16.2. The zero-order valence-electron chi connectivity index (χ0n) is 13.3. The first kappa shape index (κ1) is 18.6. The van der Waals surface area contributed by atoms with Crippen LogP contribution in [0.3, 0.4) is 0 Å². The fourth-order valence-electron chi connectivity index (χ4n) is 1.81. The van der Waals surface area contributed by atoms with Gasteiger partial charge in [0.2, 0.25) is 0 Å². The maximum Gasteiger partial charge on any atom is 0.314 e. The minimum Gasteiger partial charge on any atom is -0.493 e. The standard InChI is InChI=1S/C16H25ClN2O3/c1-3-21-10-4-8-18-16(20)19-9-5-11-22-15-7-6-14(17)12-13(15)2/h6-7,12H,3-5,8-11H2,1-2H3,(H2,18,19,20). The van der Waals surface area contributed by atoms with Gasteiger partial charge in [0.1, 0.15) is 5.75 Å². The van der Waals surface area contributed by atoms with E-state index in [9.17, 15) is 4.79 Å². The molecule has 0 aliphatic carbocycles. The van der Waals surface area contributed by atoms with Crippen LogP contribution in [0.5, 0.6) is 5.75 Å². The van der Waals surface area contributed by atoms with Gasteiger partial charge in [-0.25, -0.2) is 4.79 Å². The topological polar surface area (TPSA) is 59.6 Å². The van der Waals surface area contributed by atoms with E-state index in [2.05, 4.69) is 10.6 Å². The summed E-state index contributed by atoms with van der Waals surface area (Å²) in [5.41, 5.74) is 1.01. The third-order valence-electron chi connectivity index (χ3n) is 2.96. The molecule has 0 spiro atoms. The fraction of sp³-hybridized carbons (Fsp3) is 0.562. The van der Waals surface area contributed by atoms with Gasteiger partial charge in [-0.3, -0.25) is 0 Å². The Hall–Kier alpha value is -1.46. The summed E-state index contributed by atoms with van der Waals surface area (Å²) in [4.78, 5) is 11.5. The van der Waals surface area contributed by atoms with Crippen molar-refractivity contribution in [1.29, 1.82) is 0 Å². The Morgan fingerprint density at radius 2 is 1.86 bits per heavy atom. The molecule has 2 amide bonds. The number of hydrogen-bond acceptors (Lipinski definition) is 3. The number of carbonyl (C=O) groups excluding carboxylic acids is 1. The van der Waals surface area contributed by atoms with Crippen molar-refractivity contribution in [2.75, 3.05) is 32.9 Å². The van der Waals surface area contributed by atoms with E-state index < -0.39 is 0 Å². The highest BCUT2D eigenvalue weighted by Crippen LogP contribution is 2.21. The molecule has 2 N–H and O–H groups in total. The summed E-state index contributed by atoms with van der Waals surface area (Å²) in [5, 5.41) is 6.27. The van der Waals surface area contributed by atoms with Crippen molar-refractivity contribution in [3.05, 3.63) is 28.8 Å². The van der Waals surface area contributed by atoms with Gasteiger partial charge in [0.25, 0.3) is 0 Å². The predicted molar refractivity (Wildman–Crippen MR) is 88.8 cm³/mol. The number of rotatable bonds is 10. The van der Waals surface area contributed by atoms with Crippen molar-refractivity contribution in [3.63, 3.8) is 0 Å². The lowest BCUT2D eigenvalue weighted by Gasteiger charge is -2.10. The third-order valence-corrected chi connectivity index (χ3v) is 3.19. The van der Waals surface area contributed by atoms with Gasteiger partial charge in [-0.2, -0.15) is 0 Å². The van der Waals surface area contributed by atoms with Crippen LogP contribution in [0, 0.1) is 6.92 Å². The van der Waals surface area contributed by atoms with E-state index in [1.165, 1.54) is 0 Å². The summed E-state index contributed by atoms with van der Waals surface area (Å²) < 4.78 is 10.8. The van der Waals surface area contributed by atoms with Gasteiger partial charge in [0, 0.05) is 31.3 Å². The molecule has 0 unspecified atom stereocenters. The van der Waals surface area contributed by atoms with Crippen LogP contribution in [-0.2, 0) is 4.74 Å². The molecule has 5 nitrogen and oxygen atoms in total. The Kier molecular flexibility index (Phi) is 9.42. The van der Waals surface area contributed by atoms with Crippen LogP contribution in [-0.4, -0.2) is 38.9 Å². The first-order valence-electron chi connectivity index (χ1n) is 7.62. The van der Waals surface area contributed by atoms with Crippen LogP contribution in [0.1, 0.15) is 25.3 Å². The largest absolute Gasteiger partial charge is 0.493 e. The average molecular weight is 329 g/mol. The van der Waals surface area contributed by atoms with Crippen LogP contribution in [0.15, 0.2) is 18.2 Å². The van der Waals surface area contributed by atoms with Crippen molar-refractivity contribution in [3.8, 4) is 5.75 Å². The summed E-state index contributed by atoms with van der Waals surface area (Å²) in [7, 11) is 0. The molecule has 1 rings (SSSR count). The molecular formula is C16H25ClN2O3. The second-order valence-corrected chi connectivity index (χ2v) is 5.28. The van der Waals surface area contributed by atoms with Crippen molar-refractivity contribution >= 4 is 17.6 Å². The van der Waals surface area contributed by atoms with E-state index in [1.807, 2.05) is 26.0 Å². The molecule has 0 heterocycles. The number of urea groups is 1. The molecular weight excluding hydrogens is 304 g/mol. The van der Waals surface area contributed by atoms with Crippen LogP contribution < -0.4 is 15.4 Å². The van der Waals surface area contributed by atoms with Gasteiger partial charge < -0.3 is 20.1 Å². The van der Waals surface area contributed by atoms with Gasteiger partial charge in [0.15, 0.2) is 0 Å². The molecule has 22 heavy (non-hydrogen) atoms. The number of aryl methyl sites for hydroxylation is 1. The average Bonchev–Trinajstić information content (AvgIpc) is 2.48. The van der Waals surface area contributed by atoms with Crippen molar-refractivity contribution in [2.24, 2.45) is 0 Å². The molecule has 0 saturated carbocycles. The second-order valence-electron chi connectivity index (χ2n) is 4.84. The molecule has 0 bridgehead atoms. The van der Waals surface area contributed by atoms with Gasteiger partial charge >= 0.3 is 6.03 Å². The van der Waals surface area contributed by atoms with Crippen LogP contribution in [0.2, 0.25) is 5.02 Å². The summed E-state index contributed by atoms with van der Waals surface area (Å²) in [5.74, 6) is 0.824. The SMILES string of the molecule is CCOCCCNC(=O)NCCCOc1ccc(Cl)cc1C.